The van der Waals surface area contributed by atoms with Crippen molar-refractivity contribution in [3.05, 3.63) is 82.9 Å². The standard InChI is InChI=1S/C26H26O4/c1-15(2)21-13-24(18-7-11-20(12-8-18)26(29)30)22(16(3)4)14-23(21)17-5-9-19(10-6-17)25(27)28/h5-16H,1-4H3,(H,27,28)(H,29,30). The largest absolute Gasteiger partial charge is 0.478 e. The van der Waals surface area contributed by atoms with E-state index in [4.69, 9.17) is 0 Å². The third-order valence-electron chi connectivity index (χ3n) is 5.35. The molecule has 0 spiro atoms. The summed E-state index contributed by atoms with van der Waals surface area (Å²) in [4.78, 5) is 22.4. The maximum absolute atomic E-state index is 11.2. The molecule has 3 rings (SSSR count). The molecule has 4 nitrogen and oxygen atoms in total. The van der Waals surface area contributed by atoms with Crippen molar-refractivity contribution in [2.75, 3.05) is 0 Å². The molecule has 2 N–H and O–H groups in total. The molecule has 3 aromatic carbocycles. The maximum atomic E-state index is 11.2. The highest BCUT2D eigenvalue weighted by Crippen LogP contribution is 2.39. The third-order valence-corrected chi connectivity index (χ3v) is 5.35. The van der Waals surface area contributed by atoms with Gasteiger partial charge in [-0.1, -0.05) is 52.0 Å². The average Bonchev–Trinajstić information content (AvgIpc) is 2.72. The zero-order valence-electron chi connectivity index (χ0n) is 17.6. The Kier molecular flexibility index (Phi) is 6.06. The molecule has 30 heavy (non-hydrogen) atoms. The Balaban J connectivity index is 2.19. The van der Waals surface area contributed by atoms with Crippen molar-refractivity contribution in [1.82, 2.24) is 0 Å². The van der Waals surface area contributed by atoms with Crippen LogP contribution in [0.2, 0.25) is 0 Å². The van der Waals surface area contributed by atoms with Crippen LogP contribution in [0.15, 0.2) is 60.7 Å². The van der Waals surface area contributed by atoms with Crippen LogP contribution in [0, 0.1) is 0 Å². The summed E-state index contributed by atoms with van der Waals surface area (Å²) in [6.45, 7) is 8.54. The molecule has 0 heterocycles. The molecule has 0 aliphatic heterocycles. The van der Waals surface area contributed by atoms with Crippen molar-refractivity contribution in [3.63, 3.8) is 0 Å². The minimum atomic E-state index is -0.936. The van der Waals surface area contributed by atoms with Crippen LogP contribution in [0.25, 0.3) is 22.3 Å². The summed E-state index contributed by atoms with van der Waals surface area (Å²) in [5.74, 6) is -1.35. The van der Waals surface area contributed by atoms with Crippen LogP contribution in [0.3, 0.4) is 0 Å². The first-order valence-electron chi connectivity index (χ1n) is 10.0. The molecule has 0 bridgehead atoms. The molecule has 0 aliphatic carbocycles. The van der Waals surface area contributed by atoms with Crippen molar-refractivity contribution >= 4 is 11.9 Å². The summed E-state index contributed by atoms with van der Waals surface area (Å²) >= 11 is 0. The fraction of sp³-hybridized carbons (Fsp3) is 0.231. The van der Waals surface area contributed by atoms with Gasteiger partial charge in [0.1, 0.15) is 0 Å². The molecule has 4 heteroatoms. The van der Waals surface area contributed by atoms with Crippen LogP contribution >= 0.6 is 0 Å². The van der Waals surface area contributed by atoms with Gasteiger partial charge in [-0.05, 0) is 81.6 Å². The maximum Gasteiger partial charge on any atom is 0.335 e. The molecule has 0 saturated carbocycles. The van der Waals surface area contributed by atoms with Crippen LogP contribution in [0.1, 0.15) is 71.4 Å². The fourth-order valence-electron chi connectivity index (χ4n) is 3.67. The number of carboxylic acids is 2. The molecule has 0 radical (unpaired) electrons. The second-order valence-electron chi connectivity index (χ2n) is 8.10. The SMILES string of the molecule is CC(C)c1cc(-c2ccc(C(=O)O)cc2)c(C(C)C)cc1-c1ccc(C(=O)O)cc1. The highest BCUT2D eigenvalue weighted by Gasteiger charge is 2.17. The monoisotopic (exact) mass is 402 g/mol. The van der Waals surface area contributed by atoms with Gasteiger partial charge in [0.15, 0.2) is 0 Å². The number of carbonyl (C=O) groups is 2. The molecule has 0 saturated heterocycles. The van der Waals surface area contributed by atoms with Gasteiger partial charge in [0.05, 0.1) is 11.1 Å². The Hall–Kier alpha value is -3.40. The zero-order valence-corrected chi connectivity index (χ0v) is 17.6. The van der Waals surface area contributed by atoms with Gasteiger partial charge in [0, 0.05) is 0 Å². The van der Waals surface area contributed by atoms with Gasteiger partial charge in [0.25, 0.3) is 0 Å². The van der Waals surface area contributed by atoms with Crippen LogP contribution < -0.4 is 0 Å². The van der Waals surface area contributed by atoms with Crippen LogP contribution in [-0.2, 0) is 0 Å². The van der Waals surface area contributed by atoms with Gasteiger partial charge >= 0.3 is 11.9 Å². The predicted octanol–water partition coefficient (Wildman–Crippen LogP) is 6.66. The highest BCUT2D eigenvalue weighted by molar-refractivity contribution is 5.89. The van der Waals surface area contributed by atoms with Gasteiger partial charge in [-0.15, -0.1) is 0 Å². The molecule has 154 valence electrons. The molecule has 0 amide bonds. The number of aromatic carboxylic acids is 2. The van der Waals surface area contributed by atoms with E-state index in [0.29, 0.717) is 0 Å². The minimum absolute atomic E-state index is 0.261. The molecule has 0 unspecified atom stereocenters. The normalized spacial score (nSPS) is 11.1. The van der Waals surface area contributed by atoms with Gasteiger partial charge in [0.2, 0.25) is 0 Å². The van der Waals surface area contributed by atoms with Crippen molar-refractivity contribution in [2.24, 2.45) is 0 Å². The zero-order chi connectivity index (χ0) is 22.0. The summed E-state index contributed by atoms with van der Waals surface area (Å²) in [6.07, 6.45) is 0. The lowest BCUT2D eigenvalue weighted by Crippen LogP contribution is -2.01. The van der Waals surface area contributed by atoms with E-state index in [1.54, 1.807) is 24.3 Å². The van der Waals surface area contributed by atoms with Gasteiger partial charge in [-0.3, -0.25) is 0 Å². The molecule has 0 fully saturated rings. The number of rotatable bonds is 6. The van der Waals surface area contributed by atoms with E-state index in [2.05, 4.69) is 39.8 Å². The summed E-state index contributed by atoms with van der Waals surface area (Å²) in [5.41, 5.74) is 7.03. The second kappa shape index (κ2) is 8.54. The lowest BCUT2D eigenvalue weighted by Gasteiger charge is -2.21. The Morgan fingerprint density at radius 3 is 1.13 bits per heavy atom. The first kappa shape index (κ1) is 21.3. The van der Waals surface area contributed by atoms with Gasteiger partial charge in [-0.25, -0.2) is 9.59 Å². The van der Waals surface area contributed by atoms with E-state index >= 15 is 0 Å². The number of benzene rings is 3. The molecule has 0 atom stereocenters. The van der Waals surface area contributed by atoms with E-state index < -0.39 is 11.9 Å². The summed E-state index contributed by atoms with van der Waals surface area (Å²) in [7, 11) is 0. The number of carboxylic acid groups (broad SMARTS) is 2. The van der Waals surface area contributed by atoms with Crippen molar-refractivity contribution in [3.8, 4) is 22.3 Å². The quantitative estimate of drug-likeness (QED) is 0.483. The molecular formula is C26H26O4. The minimum Gasteiger partial charge on any atom is -0.478 e. The number of hydrogen-bond donors (Lipinski definition) is 2. The van der Waals surface area contributed by atoms with Gasteiger partial charge < -0.3 is 10.2 Å². The molecule has 0 aliphatic rings. The van der Waals surface area contributed by atoms with Crippen LogP contribution in [-0.4, -0.2) is 22.2 Å². The smallest absolute Gasteiger partial charge is 0.335 e. The fourth-order valence-corrected chi connectivity index (χ4v) is 3.67. The molecule has 0 aromatic heterocycles. The predicted molar refractivity (Wildman–Crippen MR) is 119 cm³/mol. The second-order valence-corrected chi connectivity index (χ2v) is 8.10. The molecular weight excluding hydrogens is 376 g/mol. The first-order valence-corrected chi connectivity index (χ1v) is 10.0. The number of hydrogen-bond acceptors (Lipinski definition) is 2. The average molecular weight is 402 g/mol. The van der Waals surface area contributed by atoms with Crippen molar-refractivity contribution < 1.29 is 19.8 Å². The Bertz CT molecular complexity index is 986. The van der Waals surface area contributed by atoms with Crippen LogP contribution in [0.5, 0.6) is 0 Å². The van der Waals surface area contributed by atoms with E-state index in [9.17, 15) is 19.8 Å². The summed E-state index contributed by atoms with van der Waals surface area (Å²) in [5, 5.41) is 18.4. The summed E-state index contributed by atoms with van der Waals surface area (Å²) in [6, 6.07) is 18.3. The van der Waals surface area contributed by atoms with E-state index in [0.717, 1.165) is 22.3 Å². The topological polar surface area (TPSA) is 74.6 Å². The van der Waals surface area contributed by atoms with Crippen LogP contribution in [0.4, 0.5) is 0 Å². The third kappa shape index (κ3) is 4.28. The van der Waals surface area contributed by atoms with E-state index in [1.807, 2.05) is 24.3 Å². The summed E-state index contributed by atoms with van der Waals surface area (Å²) < 4.78 is 0. The van der Waals surface area contributed by atoms with E-state index in [-0.39, 0.29) is 23.0 Å². The highest BCUT2D eigenvalue weighted by atomic mass is 16.4. The molecule has 3 aromatic rings. The lowest BCUT2D eigenvalue weighted by molar-refractivity contribution is 0.0686. The lowest BCUT2D eigenvalue weighted by atomic mass is 9.83. The Morgan fingerprint density at radius 2 is 0.900 bits per heavy atom. The van der Waals surface area contributed by atoms with E-state index in [1.165, 1.54) is 11.1 Å². The van der Waals surface area contributed by atoms with Crippen molar-refractivity contribution in [1.29, 1.82) is 0 Å². The van der Waals surface area contributed by atoms with Crippen molar-refractivity contribution in [2.45, 2.75) is 39.5 Å². The Morgan fingerprint density at radius 1 is 0.600 bits per heavy atom. The first-order chi connectivity index (χ1) is 14.2. The Labute approximate surface area is 176 Å². The van der Waals surface area contributed by atoms with Gasteiger partial charge in [-0.2, -0.15) is 0 Å².